The van der Waals surface area contributed by atoms with Gasteiger partial charge in [-0.3, -0.25) is 4.90 Å². The second-order valence-corrected chi connectivity index (χ2v) is 7.41. The van der Waals surface area contributed by atoms with Gasteiger partial charge in [-0.2, -0.15) is 0 Å². The number of rotatable bonds is 3. The molecule has 2 N–H and O–H groups in total. The van der Waals surface area contributed by atoms with Crippen molar-refractivity contribution in [1.29, 1.82) is 0 Å². The Morgan fingerprint density at radius 2 is 2.06 bits per heavy atom. The van der Waals surface area contributed by atoms with Gasteiger partial charge in [-0.25, -0.2) is 8.42 Å². The van der Waals surface area contributed by atoms with Crippen molar-refractivity contribution in [2.75, 3.05) is 38.3 Å². The van der Waals surface area contributed by atoms with Crippen LogP contribution in [0.2, 0.25) is 0 Å². The Hall–Kier alpha value is -0.170. The molecule has 2 rings (SSSR count). The Morgan fingerprint density at radius 3 is 2.53 bits per heavy atom. The van der Waals surface area contributed by atoms with Crippen molar-refractivity contribution in [2.45, 2.75) is 30.8 Å². The maximum atomic E-state index is 11.7. The van der Waals surface area contributed by atoms with Crippen molar-refractivity contribution in [3.05, 3.63) is 0 Å². The molecule has 0 saturated carbocycles. The van der Waals surface area contributed by atoms with Crippen LogP contribution in [0.3, 0.4) is 0 Å². The van der Waals surface area contributed by atoms with Crippen molar-refractivity contribution in [2.24, 2.45) is 5.73 Å². The third-order valence-electron chi connectivity index (χ3n) is 4.23. The second-order valence-electron chi connectivity index (χ2n) is 5.22. The summed E-state index contributed by atoms with van der Waals surface area (Å²) in [5.41, 5.74) is 5.51. The van der Waals surface area contributed by atoms with Crippen molar-refractivity contribution in [3.63, 3.8) is 0 Å². The highest BCUT2D eigenvalue weighted by molar-refractivity contribution is 7.91. The van der Waals surface area contributed by atoms with E-state index < -0.39 is 9.84 Å². The van der Waals surface area contributed by atoms with E-state index in [1.165, 1.54) is 0 Å². The van der Waals surface area contributed by atoms with Gasteiger partial charge >= 0.3 is 0 Å². The first-order chi connectivity index (χ1) is 7.99. The van der Waals surface area contributed by atoms with Gasteiger partial charge in [0, 0.05) is 31.3 Å². The van der Waals surface area contributed by atoms with Gasteiger partial charge in [0.1, 0.15) is 0 Å². The smallest absolute Gasteiger partial charge is 0.152 e. The highest BCUT2D eigenvalue weighted by atomic mass is 32.2. The SMILES string of the molecule is CN(C1CCOCC1)C1(CN)CCS(=O)(=O)C1. The molecule has 1 atom stereocenters. The first kappa shape index (κ1) is 13.3. The van der Waals surface area contributed by atoms with Crippen molar-refractivity contribution < 1.29 is 13.2 Å². The lowest BCUT2D eigenvalue weighted by molar-refractivity contribution is 0.00620. The molecule has 100 valence electrons. The van der Waals surface area contributed by atoms with Gasteiger partial charge in [0.05, 0.1) is 11.5 Å². The van der Waals surface area contributed by atoms with Crippen LogP contribution in [0.4, 0.5) is 0 Å². The van der Waals surface area contributed by atoms with Crippen LogP contribution in [0.1, 0.15) is 19.3 Å². The number of sulfone groups is 1. The molecule has 0 aliphatic carbocycles. The molecule has 1 unspecified atom stereocenters. The third kappa shape index (κ3) is 2.65. The zero-order valence-electron chi connectivity index (χ0n) is 10.4. The predicted octanol–water partition coefficient (Wildman–Crippen LogP) is -0.387. The summed E-state index contributed by atoms with van der Waals surface area (Å²) >= 11 is 0. The molecule has 2 aliphatic heterocycles. The van der Waals surface area contributed by atoms with Crippen LogP contribution in [-0.2, 0) is 14.6 Å². The topological polar surface area (TPSA) is 72.6 Å². The number of nitrogens with two attached hydrogens (primary N) is 1. The van der Waals surface area contributed by atoms with Crippen molar-refractivity contribution >= 4 is 9.84 Å². The first-order valence-corrected chi connectivity index (χ1v) is 8.02. The molecule has 2 fully saturated rings. The molecule has 0 aromatic heterocycles. The van der Waals surface area contributed by atoms with Crippen LogP contribution in [0.15, 0.2) is 0 Å². The molecule has 5 nitrogen and oxygen atoms in total. The van der Waals surface area contributed by atoms with Crippen LogP contribution < -0.4 is 5.73 Å². The quantitative estimate of drug-likeness (QED) is 0.750. The van der Waals surface area contributed by atoms with E-state index in [9.17, 15) is 8.42 Å². The molecular weight excluding hydrogens is 240 g/mol. The molecule has 0 radical (unpaired) electrons. The van der Waals surface area contributed by atoms with Gasteiger partial charge in [0.15, 0.2) is 9.84 Å². The van der Waals surface area contributed by atoms with Crippen molar-refractivity contribution in [3.8, 4) is 0 Å². The lowest BCUT2D eigenvalue weighted by atomic mass is 9.93. The minimum atomic E-state index is -2.90. The van der Waals surface area contributed by atoms with E-state index in [-0.39, 0.29) is 17.0 Å². The molecule has 0 aromatic rings. The molecule has 2 aliphatic rings. The van der Waals surface area contributed by atoms with E-state index >= 15 is 0 Å². The summed E-state index contributed by atoms with van der Waals surface area (Å²) in [6.07, 6.45) is 2.61. The molecule has 0 aromatic carbocycles. The van der Waals surface area contributed by atoms with E-state index in [0.717, 1.165) is 26.1 Å². The summed E-state index contributed by atoms with van der Waals surface area (Å²) in [6.45, 7) is 1.95. The fraction of sp³-hybridized carbons (Fsp3) is 1.00. The van der Waals surface area contributed by atoms with Gasteiger partial charge in [0.2, 0.25) is 0 Å². The van der Waals surface area contributed by atoms with Crippen LogP contribution in [0, 0.1) is 0 Å². The first-order valence-electron chi connectivity index (χ1n) is 6.20. The van der Waals surface area contributed by atoms with Crippen LogP contribution in [-0.4, -0.2) is 63.2 Å². The molecule has 17 heavy (non-hydrogen) atoms. The Morgan fingerprint density at radius 1 is 1.41 bits per heavy atom. The Balaban J connectivity index is 2.12. The lowest BCUT2D eigenvalue weighted by Crippen LogP contribution is -2.57. The van der Waals surface area contributed by atoms with Gasteiger partial charge in [-0.05, 0) is 26.3 Å². The summed E-state index contributed by atoms with van der Waals surface area (Å²) in [5.74, 6) is 0.488. The van der Waals surface area contributed by atoms with Crippen molar-refractivity contribution in [1.82, 2.24) is 4.90 Å². The Kier molecular flexibility index (Phi) is 3.77. The summed E-state index contributed by atoms with van der Waals surface area (Å²) in [4.78, 5) is 2.21. The van der Waals surface area contributed by atoms with Gasteiger partial charge in [-0.1, -0.05) is 0 Å². The number of ether oxygens (including phenoxy) is 1. The standard InChI is InChI=1S/C11H22N2O3S/c1-13(10-2-5-16-6-3-10)11(8-12)4-7-17(14,15)9-11/h10H,2-9,12H2,1H3. The minimum absolute atomic E-state index is 0.213. The normalized spacial score (nSPS) is 34.3. The van der Waals surface area contributed by atoms with Gasteiger partial charge in [-0.15, -0.1) is 0 Å². The highest BCUT2D eigenvalue weighted by Crippen LogP contribution is 2.31. The molecule has 2 heterocycles. The number of nitrogens with zero attached hydrogens (tertiary/aromatic N) is 1. The monoisotopic (exact) mass is 262 g/mol. The van der Waals surface area contributed by atoms with Gasteiger partial charge in [0.25, 0.3) is 0 Å². The molecule has 0 bridgehead atoms. The zero-order valence-corrected chi connectivity index (χ0v) is 11.2. The van der Waals surface area contributed by atoms with E-state index in [2.05, 4.69) is 4.90 Å². The molecule has 6 heteroatoms. The van der Waals surface area contributed by atoms with E-state index in [1.54, 1.807) is 0 Å². The summed E-state index contributed by atoms with van der Waals surface area (Å²) in [6, 6.07) is 0.403. The molecular formula is C11H22N2O3S. The Labute approximate surface area is 103 Å². The van der Waals surface area contributed by atoms with E-state index in [1.807, 2.05) is 7.05 Å². The number of hydrogen-bond donors (Lipinski definition) is 1. The van der Waals surface area contributed by atoms with E-state index in [0.29, 0.717) is 19.0 Å². The fourth-order valence-corrected chi connectivity index (χ4v) is 5.06. The maximum Gasteiger partial charge on any atom is 0.152 e. The molecule has 2 saturated heterocycles. The summed E-state index contributed by atoms with van der Waals surface area (Å²) in [7, 11) is -0.885. The van der Waals surface area contributed by atoms with Gasteiger partial charge < -0.3 is 10.5 Å². The third-order valence-corrected chi connectivity index (χ3v) is 6.04. The van der Waals surface area contributed by atoms with E-state index in [4.69, 9.17) is 10.5 Å². The molecule has 0 spiro atoms. The summed E-state index contributed by atoms with van der Waals surface area (Å²) < 4.78 is 28.7. The average Bonchev–Trinajstić information content (AvgIpc) is 2.66. The highest BCUT2D eigenvalue weighted by Gasteiger charge is 2.46. The number of likely N-dealkylation sites (N-methyl/N-ethyl adjacent to an activating group) is 1. The van der Waals surface area contributed by atoms with Crippen LogP contribution >= 0.6 is 0 Å². The average molecular weight is 262 g/mol. The molecule has 0 amide bonds. The summed E-state index contributed by atoms with van der Waals surface area (Å²) in [5, 5.41) is 0. The van der Waals surface area contributed by atoms with Crippen LogP contribution in [0.25, 0.3) is 0 Å². The zero-order chi connectivity index (χ0) is 12.5. The minimum Gasteiger partial charge on any atom is -0.381 e. The lowest BCUT2D eigenvalue weighted by Gasteiger charge is -2.43. The van der Waals surface area contributed by atoms with Crippen LogP contribution in [0.5, 0.6) is 0 Å². The predicted molar refractivity (Wildman–Crippen MR) is 66.7 cm³/mol. The Bertz CT molecular complexity index is 365. The second kappa shape index (κ2) is 4.84. The number of hydrogen-bond acceptors (Lipinski definition) is 5. The largest absolute Gasteiger partial charge is 0.381 e. The maximum absolute atomic E-state index is 11.7. The fourth-order valence-electron chi connectivity index (χ4n) is 2.94.